The van der Waals surface area contributed by atoms with Crippen LogP contribution in [0.5, 0.6) is 11.5 Å². The number of anilines is 1. The minimum absolute atomic E-state index is 0.0331. The molecular formula is C24H23ClN2O5S. The molecule has 1 heterocycles. The molecule has 2 N–H and O–H groups in total. The molecule has 0 aromatic heterocycles. The summed E-state index contributed by atoms with van der Waals surface area (Å²) in [5.41, 5.74) is 1.66. The predicted octanol–water partition coefficient (Wildman–Crippen LogP) is 4.62. The molecule has 1 aliphatic heterocycles. The van der Waals surface area contributed by atoms with Crippen molar-refractivity contribution >= 4 is 33.2 Å². The van der Waals surface area contributed by atoms with Crippen LogP contribution >= 0.6 is 11.6 Å². The number of nitrogens with one attached hydrogen (secondary N) is 2. The van der Waals surface area contributed by atoms with Crippen LogP contribution in [0.2, 0.25) is 5.02 Å². The molecule has 3 aromatic rings. The first kappa shape index (κ1) is 23.1. The Kier molecular flexibility index (Phi) is 6.88. The van der Waals surface area contributed by atoms with Gasteiger partial charge in [0.2, 0.25) is 16.8 Å². The van der Waals surface area contributed by atoms with E-state index in [0.717, 1.165) is 12.0 Å². The van der Waals surface area contributed by atoms with Crippen molar-refractivity contribution < 1.29 is 22.7 Å². The summed E-state index contributed by atoms with van der Waals surface area (Å²) in [5.74, 6) is 0.573. The molecule has 0 spiro atoms. The maximum Gasteiger partial charge on any atom is 0.257 e. The Morgan fingerprint density at radius 3 is 2.58 bits per heavy atom. The zero-order valence-electron chi connectivity index (χ0n) is 17.9. The van der Waals surface area contributed by atoms with Crippen LogP contribution in [0.3, 0.4) is 0 Å². The third-order valence-corrected chi connectivity index (χ3v) is 7.11. The van der Waals surface area contributed by atoms with Gasteiger partial charge >= 0.3 is 0 Å². The molecule has 0 aliphatic carbocycles. The summed E-state index contributed by atoms with van der Waals surface area (Å²) >= 11 is 6.20. The molecule has 1 atom stereocenters. The van der Waals surface area contributed by atoms with Crippen molar-refractivity contribution in [1.29, 1.82) is 0 Å². The maximum atomic E-state index is 12.9. The summed E-state index contributed by atoms with van der Waals surface area (Å²) < 4.78 is 39.1. The number of fused-ring (bicyclic) bond motifs is 1. The minimum atomic E-state index is -3.84. The van der Waals surface area contributed by atoms with Crippen molar-refractivity contribution in [1.82, 2.24) is 4.72 Å². The molecule has 0 radical (unpaired) electrons. The number of carbonyl (C=O) groups excluding carboxylic acids is 1. The third kappa shape index (κ3) is 5.65. The molecule has 0 fully saturated rings. The summed E-state index contributed by atoms with van der Waals surface area (Å²) in [5, 5.41) is 2.86. The first-order valence-corrected chi connectivity index (χ1v) is 12.2. The molecule has 172 valence electrons. The van der Waals surface area contributed by atoms with E-state index >= 15 is 0 Å². The van der Waals surface area contributed by atoms with Gasteiger partial charge in [0, 0.05) is 17.8 Å². The van der Waals surface area contributed by atoms with Gasteiger partial charge in [-0.15, -0.1) is 0 Å². The van der Waals surface area contributed by atoms with Crippen LogP contribution in [0.4, 0.5) is 5.69 Å². The highest BCUT2D eigenvalue weighted by Crippen LogP contribution is 2.34. The highest BCUT2D eigenvalue weighted by Gasteiger charge is 2.21. The van der Waals surface area contributed by atoms with Gasteiger partial charge in [-0.1, -0.05) is 41.9 Å². The first-order chi connectivity index (χ1) is 15.8. The normalized spacial score (nSPS) is 13.5. The van der Waals surface area contributed by atoms with Crippen LogP contribution in [0, 0.1) is 0 Å². The zero-order chi connectivity index (χ0) is 23.4. The molecule has 7 nitrogen and oxygen atoms in total. The van der Waals surface area contributed by atoms with E-state index < -0.39 is 15.9 Å². The van der Waals surface area contributed by atoms with Crippen molar-refractivity contribution in [3.05, 3.63) is 82.9 Å². The number of benzene rings is 3. The molecular weight excluding hydrogens is 464 g/mol. The summed E-state index contributed by atoms with van der Waals surface area (Å²) in [6, 6.07) is 18.6. The smallest absolute Gasteiger partial charge is 0.257 e. The van der Waals surface area contributed by atoms with Gasteiger partial charge in [-0.25, -0.2) is 13.1 Å². The average Bonchev–Trinajstić information content (AvgIpc) is 3.26. The Bertz CT molecular complexity index is 1270. The van der Waals surface area contributed by atoms with Gasteiger partial charge in [-0.2, -0.15) is 0 Å². The topological polar surface area (TPSA) is 93.7 Å². The van der Waals surface area contributed by atoms with Crippen LogP contribution < -0.4 is 19.5 Å². The standard InChI is InChI=1S/C24H23ClN2O5S/c1-16(7-8-17-5-3-2-4-6-17)27-33(29,30)19-10-11-21(25)20(14-19)24(28)26-18-9-12-22-23(13-18)32-15-31-22/h2-6,9-14,16,27H,7-8,15H2,1H3,(H,26,28)/t16-/m1/s1. The number of ether oxygens (including phenoxy) is 2. The molecule has 3 aromatic carbocycles. The van der Waals surface area contributed by atoms with Crippen LogP contribution in [-0.2, 0) is 16.4 Å². The monoisotopic (exact) mass is 486 g/mol. The largest absolute Gasteiger partial charge is 0.454 e. The Hall–Kier alpha value is -3.07. The number of hydrogen-bond acceptors (Lipinski definition) is 5. The van der Waals surface area contributed by atoms with Crippen molar-refractivity contribution in [3.63, 3.8) is 0 Å². The first-order valence-electron chi connectivity index (χ1n) is 10.4. The summed E-state index contributed by atoms with van der Waals surface area (Å²) in [7, 11) is -3.84. The van der Waals surface area contributed by atoms with E-state index in [4.69, 9.17) is 21.1 Å². The van der Waals surface area contributed by atoms with Crippen LogP contribution in [-0.4, -0.2) is 27.2 Å². The molecule has 4 rings (SSSR count). The van der Waals surface area contributed by atoms with Gasteiger partial charge in [0.25, 0.3) is 5.91 Å². The van der Waals surface area contributed by atoms with Crippen molar-refractivity contribution in [3.8, 4) is 11.5 Å². The number of carbonyl (C=O) groups is 1. The van der Waals surface area contributed by atoms with Gasteiger partial charge in [0.1, 0.15) is 0 Å². The highest BCUT2D eigenvalue weighted by molar-refractivity contribution is 7.89. The lowest BCUT2D eigenvalue weighted by Gasteiger charge is -2.15. The Labute approximate surface area is 197 Å². The molecule has 0 bridgehead atoms. The highest BCUT2D eigenvalue weighted by atomic mass is 35.5. The molecule has 0 saturated heterocycles. The van der Waals surface area contributed by atoms with Gasteiger partial charge in [-0.3, -0.25) is 4.79 Å². The van der Waals surface area contributed by atoms with E-state index in [0.29, 0.717) is 23.6 Å². The van der Waals surface area contributed by atoms with Gasteiger partial charge in [0.05, 0.1) is 15.5 Å². The lowest BCUT2D eigenvalue weighted by molar-refractivity contribution is 0.102. The van der Waals surface area contributed by atoms with E-state index in [1.165, 1.54) is 18.2 Å². The average molecular weight is 487 g/mol. The lowest BCUT2D eigenvalue weighted by atomic mass is 10.1. The number of hydrogen-bond donors (Lipinski definition) is 2. The van der Waals surface area contributed by atoms with E-state index in [9.17, 15) is 13.2 Å². The van der Waals surface area contributed by atoms with Crippen LogP contribution in [0.25, 0.3) is 0 Å². The third-order valence-electron chi connectivity index (χ3n) is 5.19. The van der Waals surface area contributed by atoms with Gasteiger partial charge in [-0.05, 0) is 55.7 Å². The molecule has 0 saturated carbocycles. The number of amides is 1. The minimum Gasteiger partial charge on any atom is -0.454 e. The van der Waals surface area contributed by atoms with Crippen molar-refractivity contribution in [2.24, 2.45) is 0 Å². The van der Waals surface area contributed by atoms with Crippen LogP contribution in [0.1, 0.15) is 29.3 Å². The fourth-order valence-corrected chi connectivity index (χ4v) is 4.95. The quantitative estimate of drug-likeness (QED) is 0.484. The lowest BCUT2D eigenvalue weighted by Crippen LogP contribution is -2.33. The predicted molar refractivity (Wildman–Crippen MR) is 127 cm³/mol. The fraction of sp³-hybridized carbons (Fsp3) is 0.208. The number of aryl methyl sites for hydroxylation is 1. The second kappa shape index (κ2) is 9.82. The Morgan fingerprint density at radius 1 is 1.03 bits per heavy atom. The summed E-state index contributed by atoms with van der Waals surface area (Å²) in [4.78, 5) is 12.8. The molecule has 9 heteroatoms. The Morgan fingerprint density at radius 2 is 1.79 bits per heavy atom. The second-order valence-corrected chi connectivity index (χ2v) is 9.83. The molecule has 0 unspecified atom stereocenters. The van der Waals surface area contributed by atoms with E-state index in [1.54, 1.807) is 18.2 Å². The SMILES string of the molecule is C[C@H](CCc1ccccc1)NS(=O)(=O)c1ccc(Cl)c(C(=O)Nc2ccc3c(c2)OCO3)c1. The zero-order valence-corrected chi connectivity index (χ0v) is 19.4. The number of halogens is 1. The van der Waals surface area contributed by atoms with E-state index in [-0.39, 0.29) is 28.3 Å². The van der Waals surface area contributed by atoms with E-state index in [2.05, 4.69) is 10.0 Å². The number of sulfonamides is 1. The van der Waals surface area contributed by atoms with E-state index in [1.807, 2.05) is 37.3 Å². The summed E-state index contributed by atoms with van der Waals surface area (Å²) in [6.45, 7) is 1.93. The van der Waals surface area contributed by atoms with Crippen molar-refractivity contribution in [2.45, 2.75) is 30.7 Å². The second-order valence-electron chi connectivity index (χ2n) is 7.71. The summed E-state index contributed by atoms with van der Waals surface area (Å²) in [6.07, 6.45) is 1.38. The Balaban J connectivity index is 1.45. The molecule has 1 amide bonds. The van der Waals surface area contributed by atoms with Crippen LogP contribution in [0.15, 0.2) is 71.6 Å². The molecule has 33 heavy (non-hydrogen) atoms. The fourth-order valence-electron chi connectivity index (χ4n) is 3.44. The van der Waals surface area contributed by atoms with Crippen molar-refractivity contribution in [2.75, 3.05) is 12.1 Å². The molecule has 1 aliphatic rings. The maximum absolute atomic E-state index is 12.9. The van der Waals surface area contributed by atoms with Gasteiger partial charge in [0.15, 0.2) is 11.5 Å². The number of rotatable bonds is 8. The van der Waals surface area contributed by atoms with Gasteiger partial charge < -0.3 is 14.8 Å².